The number of piperidine rings is 1. The third-order valence-electron chi connectivity index (χ3n) is 3.32. The van der Waals surface area contributed by atoms with E-state index in [1.54, 1.807) is 0 Å². The molecule has 0 radical (unpaired) electrons. The third kappa shape index (κ3) is 3.09. The van der Waals surface area contributed by atoms with E-state index in [2.05, 4.69) is 11.2 Å². The summed E-state index contributed by atoms with van der Waals surface area (Å²) in [5, 5.41) is 0.657. The van der Waals surface area contributed by atoms with Gasteiger partial charge < -0.3 is 0 Å². The summed E-state index contributed by atoms with van der Waals surface area (Å²) in [6, 6.07) is 5.60. The van der Waals surface area contributed by atoms with Crippen LogP contribution in [0.5, 0.6) is 0 Å². The zero-order valence-corrected chi connectivity index (χ0v) is 11.9. The predicted molar refractivity (Wildman–Crippen MR) is 72.6 cm³/mol. The van der Waals surface area contributed by atoms with Crippen molar-refractivity contribution >= 4 is 22.6 Å². The van der Waals surface area contributed by atoms with Crippen molar-refractivity contribution in [2.24, 2.45) is 5.92 Å². The molecule has 1 aromatic rings. The summed E-state index contributed by atoms with van der Waals surface area (Å²) >= 11 is 5.97. The Balaban J connectivity index is 2.16. The van der Waals surface area contributed by atoms with E-state index in [4.69, 9.17) is 11.6 Å². The second-order valence-electron chi connectivity index (χ2n) is 4.77. The first-order valence-electron chi connectivity index (χ1n) is 6.01. The van der Waals surface area contributed by atoms with E-state index >= 15 is 0 Å². The van der Waals surface area contributed by atoms with E-state index in [1.807, 2.05) is 25.1 Å². The van der Waals surface area contributed by atoms with E-state index in [0.29, 0.717) is 5.02 Å². The number of hydrogen-bond donors (Lipinski definition) is 0. The minimum atomic E-state index is -1.06. The molecule has 4 heteroatoms. The Kier molecular flexibility index (Phi) is 4.23. The summed E-state index contributed by atoms with van der Waals surface area (Å²) in [6.07, 6.45) is 2.26. The molecule has 2 nitrogen and oxygen atoms in total. The van der Waals surface area contributed by atoms with Crippen molar-refractivity contribution in [3.8, 4) is 0 Å². The Morgan fingerprint density at radius 3 is 2.65 bits per heavy atom. The molecule has 2 rings (SSSR count). The fourth-order valence-corrected chi connectivity index (χ4v) is 3.68. The molecule has 0 bridgehead atoms. The minimum absolute atomic E-state index is 0.657. The molecule has 1 aromatic carbocycles. The van der Waals surface area contributed by atoms with Crippen LogP contribution in [0.2, 0.25) is 5.02 Å². The summed E-state index contributed by atoms with van der Waals surface area (Å²) in [4.78, 5) is 0.854. The molecule has 1 atom stereocenters. The topological polar surface area (TPSA) is 20.3 Å². The fraction of sp³-hybridized carbons (Fsp3) is 0.538. The second kappa shape index (κ2) is 5.51. The van der Waals surface area contributed by atoms with Crippen molar-refractivity contribution < 1.29 is 4.21 Å². The number of aryl methyl sites for hydroxylation is 1. The van der Waals surface area contributed by atoms with Gasteiger partial charge in [0.1, 0.15) is 11.0 Å². The summed E-state index contributed by atoms with van der Waals surface area (Å²) < 4.78 is 14.5. The lowest BCUT2D eigenvalue weighted by Crippen LogP contribution is -2.34. The second-order valence-corrected chi connectivity index (χ2v) is 6.66. The van der Waals surface area contributed by atoms with Crippen LogP contribution < -0.4 is 0 Å². The van der Waals surface area contributed by atoms with Gasteiger partial charge in [0.25, 0.3) is 0 Å². The normalized spacial score (nSPS) is 20.4. The first-order valence-corrected chi connectivity index (χ1v) is 7.49. The lowest BCUT2D eigenvalue weighted by atomic mass is 10.0. The van der Waals surface area contributed by atoms with Gasteiger partial charge in [0.15, 0.2) is 0 Å². The number of benzene rings is 1. The highest BCUT2D eigenvalue weighted by Crippen LogP contribution is 2.24. The SMILES string of the molecule is Cc1ccc(Cl)cc1S(=O)N1CCC(C)CC1. The van der Waals surface area contributed by atoms with Crippen LogP contribution >= 0.6 is 11.6 Å². The molecular formula is C13H18ClNOS. The molecule has 1 fully saturated rings. The lowest BCUT2D eigenvalue weighted by Gasteiger charge is -2.29. The van der Waals surface area contributed by atoms with E-state index < -0.39 is 11.0 Å². The summed E-state index contributed by atoms with van der Waals surface area (Å²) in [5.74, 6) is 0.753. The fourth-order valence-electron chi connectivity index (χ4n) is 2.05. The maximum Gasteiger partial charge on any atom is 0.127 e. The molecule has 0 amide bonds. The van der Waals surface area contributed by atoms with Crippen molar-refractivity contribution in [2.75, 3.05) is 13.1 Å². The highest BCUT2D eigenvalue weighted by molar-refractivity contribution is 7.82. The Hall–Kier alpha value is -0.380. The first kappa shape index (κ1) is 13.1. The molecule has 1 aliphatic heterocycles. The van der Waals surface area contributed by atoms with Gasteiger partial charge >= 0.3 is 0 Å². The van der Waals surface area contributed by atoms with E-state index in [9.17, 15) is 4.21 Å². The Labute approximate surface area is 111 Å². The van der Waals surface area contributed by atoms with E-state index in [1.165, 1.54) is 0 Å². The molecular weight excluding hydrogens is 254 g/mol. The van der Waals surface area contributed by atoms with Gasteiger partial charge in [-0.2, -0.15) is 0 Å². The molecule has 0 aliphatic carbocycles. The van der Waals surface area contributed by atoms with Gasteiger partial charge in [-0.15, -0.1) is 0 Å². The third-order valence-corrected chi connectivity index (χ3v) is 5.20. The highest BCUT2D eigenvalue weighted by atomic mass is 35.5. The van der Waals surface area contributed by atoms with Crippen LogP contribution in [0.15, 0.2) is 23.1 Å². The largest absolute Gasteiger partial charge is 0.237 e. The van der Waals surface area contributed by atoms with Crippen molar-refractivity contribution in [1.29, 1.82) is 0 Å². The number of nitrogens with zero attached hydrogens (tertiary/aromatic N) is 1. The maximum atomic E-state index is 12.5. The smallest absolute Gasteiger partial charge is 0.127 e. The number of halogens is 1. The molecule has 0 saturated carbocycles. The molecule has 0 aromatic heterocycles. The molecule has 94 valence electrons. The zero-order chi connectivity index (χ0) is 12.4. The first-order chi connectivity index (χ1) is 8.08. The average Bonchev–Trinajstić information content (AvgIpc) is 2.32. The molecule has 0 N–H and O–H groups in total. The van der Waals surface area contributed by atoms with Crippen molar-refractivity contribution in [2.45, 2.75) is 31.6 Å². The predicted octanol–water partition coefficient (Wildman–Crippen LogP) is 3.40. The van der Waals surface area contributed by atoms with Crippen LogP contribution in [0, 0.1) is 12.8 Å². The van der Waals surface area contributed by atoms with Crippen LogP contribution in [-0.2, 0) is 11.0 Å². The monoisotopic (exact) mass is 271 g/mol. The number of hydrogen-bond acceptors (Lipinski definition) is 1. The van der Waals surface area contributed by atoms with Gasteiger partial charge in [-0.05, 0) is 43.4 Å². The molecule has 1 heterocycles. The van der Waals surface area contributed by atoms with E-state index in [-0.39, 0.29) is 0 Å². The standard InChI is InChI=1S/C13H18ClNOS/c1-10-5-7-15(8-6-10)17(16)13-9-12(14)4-3-11(13)2/h3-4,9-10H,5-8H2,1-2H3. The van der Waals surface area contributed by atoms with Gasteiger partial charge in [-0.3, -0.25) is 0 Å². The quantitative estimate of drug-likeness (QED) is 0.807. The van der Waals surface area contributed by atoms with Crippen LogP contribution in [-0.4, -0.2) is 21.6 Å². The van der Waals surface area contributed by atoms with Gasteiger partial charge in [0.2, 0.25) is 0 Å². The average molecular weight is 272 g/mol. The zero-order valence-electron chi connectivity index (χ0n) is 10.3. The van der Waals surface area contributed by atoms with Crippen molar-refractivity contribution in [3.63, 3.8) is 0 Å². The molecule has 0 spiro atoms. The molecule has 1 aliphatic rings. The Bertz CT molecular complexity index is 427. The van der Waals surface area contributed by atoms with E-state index in [0.717, 1.165) is 42.3 Å². The Morgan fingerprint density at radius 2 is 2.00 bits per heavy atom. The van der Waals surface area contributed by atoms with Crippen LogP contribution in [0.4, 0.5) is 0 Å². The van der Waals surface area contributed by atoms with Crippen LogP contribution in [0.1, 0.15) is 25.3 Å². The van der Waals surface area contributed by atoms with Gasteiger partial charge in [-0.25, -0.2) is 8.51 Å². The summed E-state index contributed by atoms with van der Waals surface area (Å²) in [5.41, 5.74) is 1.05. The summed E-state index contributed by atoms with van der Waals surface area (Å²) in [6.45, 7) is 6.07. The lowest BCUT2D eigenvalue weighted by molar-refractivity contribution is 0.299. The van der Waals surface area contributed by atoms with Crippen LogP contribution in [0.3, 0.4) is 0 Å². The highest BCUT2D eigenvalue weighted by Gasteiger charge is 2.22. The van der Waals surface area contributed by atoms with Crippen molar-refractivity contribution in [1.82, 2.24) is 4.31 Å². The van der Waals surface area contributed by atoms with Crippen molar-refractivity contribution in [3.05, 3.63) is 28.8 Å². The van der Waals surface area contributed by atoms with Gasteiger partial charge in [0, 0.05) is 18.1 Å². The number of rotatable bonds is 2. The van der Waals surface area contributed by atoms with Crippen LogP contribution in [0.25, 0.3) is 0 Å². The summed E-state index contributed by atoms with van der Waals surface area (Å²) in [7, 11) is -1.06. The minimum Gasteiger partial charge on any atom is -0.237 e. The van der Waals surface area contributed by atoms with Gasteiger partial charge in [-0.1, -0.05) is 24.6 Å². The molecule has 1 saturated heterocycles. The maximum absolute atomic E-state index is 12.5. The molecule has 1 unspecified atom stereocenters. The van der Waals surface area contributed by atoms with Gasteiger partial charge in [0.05, 0.1) is 4.90 Å². The Morgan fingerprint density at radius 1 is 1.35 bits per heavy atom. The molecule has 17 heavy (non-hydrogen) atoms.